The topological polar surface area (TPSA) is 54.6 Å². The fourth-order valence-corrected chi connectivity index (χ4v) is 3.36. The minimum Gasteiger partial charge on any atom is -0.367 e. The molecule has 3 atom stereocenters. The predicted octanol–water partition coefficient (Wildman–Crippen LogP) is -2.47. The zero-order valence-electron chi connectivity index (χ0n) is 13.5. The lowest BCUT2D eigenvalue weighted by Gasteiger charge is -2.34. The minimum absolute atomic E-state index is 0.376. The highest BCUT2D eigenvalue weighted by molar-refractivity contribution is 4.71. The van der Waals surface area contributed by atoms with Gasteiger partial charge in [-0.1, -0.05) is 0 Å². The molecule has 124 valence electrons. The Morgan fingerprint density at radius 3 is 2.24 bits per heavy atom. The van der Waals surface area contributed by atoms with E-state index in [1.807, 2.05) is 0 Å². The van der Waals surface area contributed by atoms with Crippen molar-refractivity contribution in [2.24, 2.45) is 0 Å². The van der Waals surface area contributed by atoms with Gasteiger partial charge in [0.2, 0.25) is 0 Å². The first-order chi connectivity index (χ1) is 10.1. The van der Waals surface area contributed by atoms with Crippen LogP contribution in [0.25, 0.3) is 0 Å². The highest BCUT2D eigenvalue weighted by Gasteiger charge is 2.18. The lowest BCUT2D eigenvalue weighted by Crippen LogP contribution is -3.09. The summed E-state index contributed by atoms with van der Waals surface area (Å²) in [5.41, 5.74) is 0. The molecular formula is C15H33N4O2+. The van der Waals surface area contributed by atoms with Gasteiger partial charge in [-0.05, 0) is 19.5 Å². The molecule has 0 saturated carbocycles. The van der Waals surface area contributed by atoms with Crippen molar-refractivity contribution >= 4 is 0 Å². The van der Waals surface area contributed by atoms with E-state index in [0.717, 1.165) is 39.1 Å². The van der Waals surface area contributed by atoms with Crippen molar-refractivity contribution in [3.8, 4) is 0 Å². The van der Waals surface area contributed by atoms with Crippen LogP contribution in [0.3, 0.4) is 0 Å². The first-order valence-electron chi connectivity index (χ1n) is 8.48. The third-order valence-corrected chi connectivity index (χ3v) is 4.77. The van der Waals surface area contributed by atoms with Gasteiger partial charge in [0.1, 0.15) is 0 Å². The van der Waals surface area contributed by atoms with Gasteiger partial charge >= 0.3 is 0 Å². The molecule has 3 N–H and O–H groups in total. The molecule has 0 spiro atoms. The van der Waals surface area contributed by atoms with Crippen molar-refractivity contribution in [1.29, 1.82) is 0 Å². The average Bonchev–Trinajstić information content (AvgIpc) is 2.44. The summed E-state index contributed by atoms with van der Waals surface area (Å²) in [4.78, 5) is 8.97. The molecule has 0 aromatic heterocycles. The number of hydrogen-bond donors (Lipinski definition) is 3. The van der Waals surface area contributed by atoms with Crippen LogP contribution in [-0.4, -0.2) is 110 Å². The summed E-state index contributed by atoms with van der Waals surface area (Å²) >= 11 is 0. The third-order valence-electron chi connectivity index (χ3n) is 4.77. The number of rotatable bonds is 2. The maximum Gasteiger partial charge on any atom is 0.164 e. The van der Waals surface area contributed by atoms with Crippen molar-refractivity contribution in [3.05, 3.63) is 0 Å². The van der Waals surface area contributed by atoms with E-state index in [-0.39, 0.29) is 0 Å². The number of hydrogen-bond acceptors (Lipinski definition) is 5. The Hall–Kier alpha value is -0.240. The van der Waals surface area contributed by atoms with E-state index < -0.39 is 6.29 Å². The highest BCUT2D eigenvalue weighted by Crippen LogP contribution is 2.03. The van der Waals surface area contributed by atoms with Crippen LogP contribution in [0.2, 0.25) is 0 Å². The number of aliphatic hydroxyl groups excluding tert-OH is 1. The van der Waals surface area contributed by atoms with E-state index in [4.69, 9.17) is 0 Å². The molecular weight excluding hydrogens is 268 g/mol. The van der Waals surface area contributed by atoms with Crippen LogP contribution >= 0.6 is 0 Å². The monoisotopic (exact) mass is 301 g/mol. The Balaban J connectivity index is 1.94. The Kier molecular flexibility index (Phi) is 7.36. The summed E-state index contributed by atoms with van der Waals surface area (Å²) in [6, 6.07) is 0. The lowest BCUT2D eigenvalue weighted by atomic mass is 10.2. The molecule has 2 aliphatic rings. The molecule has 0 amide bonds. The van der Waals surface area contributed by atoms with E-state index in [0.29, 0.717) is 6.54 Å². The second-order valence-corrected chi connectivity index (χ2v) is 6.63. The van der Waals surface area contributed by atoms with E-state index in [9.17, 15) is 10.2 Å². The third kappa shape index (κ3) is 6.59. The van der Waals surface area contributed by atoms with Gasteiger partial charge in [0.05, 0.1) is 20.1 Å². The number of quaternary nitrogens is 1. The van der Waals surface area contributed by atoms with Gasteiger partial charge in [0, 0.05) is 52.2 Å². The lowest BCUT2D eigenvalue weighted by molar-refractivity contribution is -0.879. The van der Waals surface area contributed by atoms with Crippen LogP contribution < -0.4 is 4.90 Å². The molecule has 2 fully saturated rings. The SMILES string of the molecule is C[NH+]1CCCN2CCN(CCCN(CC(O)O)CC2)CC1. The van der Waals surface area contributed by atoms with Crippen LogP contribution in [0.1, 0.15) is 12.8 Å². The Bertz CT molecular complexity index is 291. The van der Waals surface area contributed by atoms with Crippen LogP contribution in [0, 0.1) is 0 Å². The average molecular weight is 301 g/mol. The summed E-state index contributed by atoms with van der Waals surface area (Å²) in [5, 5.41) is 18.4. The normalized spacial score (nSPS) is 34.0. The van der Waals surface area contributed by atoms with Crippen molar-refractivity contribution < 1.29 is 15.1 Å². The predicted molar refractivity (Wildman–Crippen MR) is 83.4 cm³/mol. The van der Waals surface area contributed by atoms with Crippen LogP contribution in [0.15, 0.2) is 0 Å². The Labute approximate surface area is 128 Å². The molecule has 6 heteroatoms. The molecule has 2 bridgehead atoms. The van der Waals surface area contributed by atoms with Gasteiger partial charge in [-0.3, -0.25) is 9.80 Å². The number of β-amino-alcohol motifs (C(OH)–C–C–N with tert-alkyl or cyclic N) is 2. The molecule has 0 aromatic rings. The fourth-order valence-electron chi connectivity index (χ4n) is 3.36. The van der Waals surface area contributed by atoms with Crippen molar-refractivity contribution in [1.82, 2.24) is 14.7 Å². The molecule has 2 rings (SSSR count). The first-order valence-corrected chi connectivity index (χ1v) is 8.48. The molecule has 0 aliphatic carbocycles. The van der Waals surface area contributed by atoms with E-state index >= 15 is 0 Å². The van der Waals surface area contributed by atoms with Gasteiger partial charge in [0.15, 0.2) is 6.29 Å². The standard InChI is InChI=1S/C15H32N4O2/c1-16-4-2-5-18-11-10-17(9-8-16)6-3-7-19(13-12-18)14-15(20)21/h15,20-21H,2-14H2,1H3/p+1. The van der Waals surface area contributed by atoms with Gasteiger partial charge in [0.25, 0.3) is 0 Å². The van der Waals surface area contributed by atoms with Gasteiger partial charge in [-0.2, -0.15) is 0 Å². The van der Waals surface area contributed by atoms with Gasteiger partial charge < -0.3 is 20.0 Å². The maximum absolute atomic E-state index is 9.22. The largest absolute Gasteiger partial charge is 0.367 e. The maximum atomic E-state index is 9.22. The zero-order chi connectivity index (χ0) is 15.1. The molecule has 2 aliphatic heterocycles. The second kappa shape index (κ2) is 9.02. The number of aliphatic hydroxyl groups is 2. The molecule has 3 unspecified atom stereocenters. The van der Waals surface area contributed by atoms with Crippen LogP contribution in [0.4, 0.5) is 0 Å². The zero-order valence-corrected chi connectivity index (χ0v) is 13.5. The van der Waals surface area contributed by atoms with Gasteiger partial charge in [-0.25, -0.2) is 0 Å². The summed E-state index contributed by atoms with van der Waals surface area (Å²) < 4.78 is 0. The summed E-state index contributed by atoms with van der Waals surface area (Å²) in [6.45, 7) is 11.6. The van der Waals surface area contributed by atoms with Crippen molar-refractivity contribution in [2.45, 2.75) is 19.1 Å². The fraction of sp³-hybridized carbons (Fsp3) is 1.00. The van der Waals surface area contributed by atoms with E-state index in [1.54, 1.807) is 4.90 Å². The number of fused-ring (bicyclic) bond motifs is 3. The quantitative estimate of drug-likeness (QED) is 0.494. The van der Waals surface area contributed by atoms with Crippen molar-refractivity contribution in [2.75, 3.05) is 79.0 Å². The summed E-state index contributed by atoms with van der Waals surface area (Å²) in [7, 11) is 2.31. The molecule has 21 heavy (non-hydrogen) atoms. The molecule has 2 heterocycles. The number of nitrogens with zero attached hydrogens (tertiary/aromatic N) is 3. The van der Waals surface area contributed by atoms with E-state index in [1.165, 1.54) is 39.1 Å². The second-order valence-electron chi connectivity index (χ2n) is 6.63. The summed E-state index contributed by atoms with van der Waals surface area (Å²) in [6.07, 6.45) is 1.16. The molecule has 6 nitrogen and oxygen atoms in total. The Morgan fingerprint density at radius 2 is 1.48 bits per heavy atom. The van der Waals surface area contributed by atoms with Crippen LogP contribution in [-0.2, 0) is 0 Å². The van der Waals surface area contributed by atoms with Gasteiger partial charge in [-0.15, -0.1) is 0 Å². The van der Waals surface area contributed by atoms with Crippen LogP contribution in [0.5, 0.6) is 0 Å². The first kappa shape index (κ1) is 17.1. The van der Waals surface area contributed by atoms with E-state index in [2.05, 4.69) is 21.7 Å². The number of likely N-dealkylation sites (N-methyl/N-ethyl adjacent to an activating group) is 1. The summed E-state index contributed by atoms with van der Waals surface area (Å²) in [5.74, 6) is 0. The minimum atomic E-state index is -1.21. The number of nitrogens with one attached hydrogen (secondary N) is 1. The molecule has 2 saturated heterocycles. The molecule has 0 aromatic carbocycles. The highest BCUT2D eigenvalue weighted by atomic mass is 16.5. The Morgan fingerprint density at radius 1 is 0.810 bits per heavy atom. The smallest absolute Gasteiger partial charge is 0.164 e. The molecule has 0 radical (unpaired) electrons. The van der Waals surface area contributed by atoms with Crippen molar-refractivity contribution in [3.63, 3.8) is 0 Å².